The van der Waals surface area contributed by atoms with Crippen molar-refractivity contribution in [3.63, 3.8) is 0 Å². The lowest BCUT2D eigenvalue weighted by molar-refractivity contribution is -0.384. The maximum atomic E-state index is 12.2. The van der Waals surface area contributed by atoms with Crippen LogP contribution >= 0.6 is 11.8 Å². The zero-order valence-corrected chi connectivity index (χ0v) is 12.6. The Hall–Kier alpha value is -2.87. The molecule has 1 aliphatic heterocycles. The molecule has 23 heavy (non-hydrogen) atoms. The zero-order valence-electron chi connectivity index (χ0n) is 11.7. The van der Waals surface area contributed by atoms with Gasteiger partial charge in [-0.25, -0.2) is 0 Å². The van der Waals surface area contributed by atoms with Gasteiger partial charge in [-0.15, -0.1) is 11.8 Å². The summed E-state index contributed by atoms with van der Waals surface area (Å²) in [6, 6.07) is 10.6. The minimum Gasteiger partial charge on any atom is -0.324 e. The molecular weight excluding hydrogens is 318 g/mol. The fourth-order valence-electron chi connectivity index (χ4n) is 2.09. The normalized spacial score (nSPS) is 13.0. The summed E-state index contributed by atoms with van der Waals surface area (Å²) >= 11 is 1.42. The molecule has 0 aliphatic carbocycles. The summed E-state index contributed by atoms with van der Waals surface area (Å²) in [6.45, 7) is 0. The highest BCUT2D eigenvalue weighted by Gasteiger charge is 2.17. The maximum absolute atomic E-state index is 12.2. The Morgan fingerprint density at radius 1 is 1.22 bits per heavy atom. The first-order valence-corrected chi connectivity index (χ1v) is 7.64. The van der Waals surface area contributed by atoms with Crippen LogP contribution in [0.25, 0.3) is 0 Å². The summed E-state index contributed by atoms with van der Waals surface area (Å²) in [4.78, 5) is 34.6. The van der Waals surface area contributed by atoms with Crippen LogP contribution in [-0.4, -0.2) is 22.5 Å². The minimum atomic E-state index is -0.505. The van der Waals surface area contributed by atoms with Gasteiger partial charge in [0.2, 0.25) is 5.91 Å². The fourth-order valence-corrected chi connectivity index (χ4v) is 2.88. The number of nitro groups is 1. The van der Waals surface area contributed by atoms with Crippen molar-refractivity contribution in [3.05, 3.63) is 58.1 Å². The van der Waals surface area contributed by atoms with Gasteiger partial charge >= 0.3 is 0 Å². The molecule has 7 nitrogen and oxygen atoms in total. The summed E-state index contributed by atoms with van der Waals surface area (Å²) in [7, 11) is 0. The molecule has 116 valence electrons. The van der Waals surface area contributed by atoms with Gasteiger partial charge in [0, 0.05) is 28.3 Å². The minimum absolute atomic E-state index is 0.0449. The molecule has 0 saturated heterocycles. The number of hydrogen-bond donors (Lipinski definition) is 2. The Bertz CT molecular complexity index is 805. The van der Waals surface area contributed by atoms with Gasteiger partial charge in [0.15, 0.2) is 0 Å². The van der Waals surface area contributed by atoms with Crippen molar-refractivity contribution in [2.75, 3.05) is 16.4 Å². The molecule has 0 saturated carbocycles. The van der Waals surface area contributed by atoms with E-state index < -0.39 is 4.92 Å². The van der Waals surface area contributed by atoms with E-state index in [0.29, 0.717) is 22.7 Å². The second-order valence-corrected chi connectivity index (χ2v) is 5.82. The summed E-state index contributed by atoms with van der Waals surface area (Å²) in [5.41, 5.74) is 1.42. The van der Waals surface area contributed by atoms with Crippen molar-refractivity contribution < 1.29 is 14.5 Å². The largest absolute Gasteiger partial charge is 0.324 e. The number of anilines is 2. The zero-order chi connectivity index (χ0) is 16.4. The Kier molecular flexibility index (Phi) is 3.98. The number of nitrogens with one attached hydrogen (secondary N) is 2. The van der Waals surface area contributed by atoms with E-state index >= 15 is 0 Å². The van der Waals surface area contributed by atoms with Crippen LogP contribution in [0, 0.1) is 10.1 Å². The van der Waals surface area contributed by atoms with Crippen molar-refractivity contribution in [3.8, 4) is 0 Å². The van der Waals surface area contributed by atoms with Crippen LogP contribution in [0.15, 0.2) is 47.4 Å². The number of non-ortho nitro benzene ring substituents is 1. The van der Waals surface area contributed by atoms with E-state index in [1.165, 1.54) is 36.0 Å². The summed E-state index contributed by atoms with van der Waals surface area (Å²) in [6.07, 6.45) is 0. The molecule has 2 aromatic rings. The highest BCUT2D eigenvalue weighted by molar-refractivity contribution is 8.00. The summed E-state index contributed by atoms with van der Waals surface area (Å²) in [5, 5.41) is 16.0. The first-order valence-electron chi connectivity index (χ1n) is 6.65. The Labute approximate surface area is 135 Å². The lowest BCUT2D eigenvalue weighted by Gasteiger charge is -2.16. The number of carbonyl (C=O) groups excluding carboxylic acids is 2. The quantitative estimate of drug-likeness (QED) is 0.666. The first kappa shape index (κ1) is 15.0. The Balaban J connectivity index is 1.77. The maximum Gasteiger partial charge on any atom is 0.269 e. The van der Waals surface area contributed by atoms with Gasteiger partial charge in [0.25, 0.3) is 11.6 Å². The molecule has 0 bridgehead atoms. The van der Waals surface area contributed by atoms with Crippen molar-refractivity contribution in [1.29, 1.82) is 0 Å². The van der Waals surface area contributed by atoms with Crippen LogP contribution in [-0.2, 0) is 4.79 Å². The highest BCUT2D eigenvalue weighted by Crippen LogP contribution is 2.32. The summed E-state index contributed by atoms with van der Waals surface area (Å²) < 4.78 is 0. The number of thioether (sulfide) groups is 1. The van der Waals surface area contributed by atoms with Gasteiger partial charge < -0.3 is 10.6 Å². The standard InChI is InChI=1S/C15H11N3O4S/c19-14-8-23-13-6-1-9(7-12(13)17-14)15(20)16-10-2-4-11(5-3-10)18(21)22/h1-7H,8H2,(H,16,20)(H,17,19). The second-order valence-electron chi connectivity index (χ2n) is 4.81. The lowest BCUT2D eigenvalue weighted by Crippen LogP contribution is -2.19. The third-order valence-electron chi connectivity index (χ3n) is 3.21. The number of amides is 2. The SMILES string of the molecule is O=C1CSc2ccc(C(=O)Nc3ccc([N+](=O)[O-])cc3)cc2N1. The molecule has 0 fully saturated rings. The van der Waals surface area contributed by atoms with Gasteiger partial charge in [0.05, 0.1) is 16.4 Å². The van der Waals surface area contributed by atoms with Crippen LogP contribution in [0.5, 0.6) is 0 Å². The van der Waals surface area contributed by atoms with E-state index in [9.17, 15) is 19.7 Å². The van der Waals surface area contributed by atoms with E-state index in [4.69, 9.17) is 0 Å². The lowest BCUT2D eigenvalue weighted by atomic mass is 10.1. The predicted octanol–water partition coefficient (Wildman–Crippen LogP) is 2.89. The molecule has 1 heterocycles. The molecule has 2 aromatic carbocycles. The first-order chi connectivity index (χ1) is 11.0. The molecule has 0 spiro atoms. The number of hydrogen-bond acceptors (Lipinski definition) is 5. The van der Waals surface area contributed by atoms with E-state index in [0.717, 1.165) is 4.90 Å². The monoisotopic (exact) mass is 329 g/mol. The number of nitrogens with zero attached hydrogens (tertiary/aromatic N) is 1. The average Bonchev–Trinajstić information content (AvgIpc) is 2.54. The fraction of sp³-hybridized carbons (Fsp3) is 0.0667. The van der Waals surface area contributed by atoms with Crippen LogP contribution in [0.4, 0.5) is 17.1 Å². The van der Waals surface area contributed by atoms with Gasteiger partial charge in [-0.3, -0.25) is 19.7 Å². The molecule has 0 atom stereocenters. The number of benzene rings is 2. The molecule has 8 heteroatoms. The molecule has 0 unspecified atom stereocenters. The number of rotatable bonds is 3. The van der Waals surface area contributed by atoms with E-state index in [-0.39, 0.29) is 17.5 Å². The predicted molar refractivity (Wildman–Crippen MR) is 86.8 cm³/mol. The number of carbonyl (C=O) groups is 2. The Morgan fingerprint density at radius 3 is 2.65 bits per heavy atom. The van der Waals surface area contributed by atoms with Crippen molar-refractivity contribution >= 4 is 40.6 Å². The van der Waals surface area contributed by atoms with Crippen molar-refractivity contribution in [2.45, 2.75) is 4.90 Å². The molecule has 0 aromatic heterocycles. The molecule has 1 aliphatic rings. The van der Waals surface area contributed by atoms with Crippen molar-refractivity contribution in [1.82, 2.24) is 0 Å². The number of fused-ring (bicyclic) bond motifs is 1. The van der Waals surface area contributed by atoms with Crippen LogP contribution in [0.1, 0.15) is 10.4 Å². The Morgan fingerprint density at radius 2 is 1.96 bits per heavy atom. The van der Waals surface area contributed by atoms with Gasteiger partial charge in [-0.2, -0.15) is 0 Å². The van der Waals surface area contributed by atoms with E-state index in [1.807, 2.05) is 0 Å². The topological polar surface area (TPSA) is 101 Å². The third kappa shape index (κ3) is 3.32. The smallest absolute Gasteiger partial charge is 0.269 e. The van der Waals surface area contributed by atoms with E-state index in [1.54, 1.807) is 18.2 Å². The average molecular weight is 329 g/mol. The molecular formula is C15H11N3O4S. The summed E-state index contributed by atoms with van der Waals surface area (Å²) in [5.74, 6) is -0.0941. The molecule has 2 amide bonds. The van der Waals surface area contributed by atoms with Gasteiger partial charge in [-0.05, 0) is 30.3 Å². The second kappa shape index (κ2) is 6.09. The van der Waals surface area contributed by atoms with E-state index in [2.05, 4.69) is 10.6 Å². The highest BCUT2D eigenvalue weighted by atomic mass is 32.2. The molecule has 3 rings (SSSR count). The van der Waals surface area contributed by atoms with Crippen molar-refractivity contribution in [2.24, 2.45) is 0 Å². The molecule has 0 radical (unpaired) electrons. The van der Waals surface area contributed by atoms with Crippen LogP contribution in [0.2, 0.25) is 0 Å². The van der Waals surface area contributed by atoms with Gasteiger partial charge in [0.1, 0.15) is 0 Å². The number of nitro benzene ring substituents is 1. The molecule has 2 N–H and O–H groups in total. The third-order valence-corrected chi connectivity index (χ3v) is 4.28. The van der Waals surface area contributed by atoms with Crippen LogP contribution in [0.3, 0.4) is 0 Å². The van der Waals surface area contributed by atoms with Crippen LogP contribution < -0.4 is 10.6 Å². The van der Waals surface area contributed by atoms with Gasteiger partial charge in [-0.1, -0.05) is 0 Å².